The fourth-order valence-electron chi connectivity index (χ4n) is 6.86. The zero-order valence-electron chi connectivity index (χ0n) is 24.5. The maximum atomic E-state index is 11.4. The number of rotatable bonds is 9. The van der Waals surface area contributed by atoms with Crippen LogP contribution in [0.5, 0.6) is 0 Å². The molecule has 0 aromatic carbocycles. The Morgan fingerprint density at radius 2 is 1.63 bits per heavy atom. The van der Waals surface area contributed by atoms with Crippen LogP contribution >= 0.6 is 0 Å². The van der Waals surface area contributed by atoms with Gasteiger partial charge >= 0.3 is 0 Å². The Morgan fingerprint density at radius 3 is 2.18 bits per heavy atom. The van der Waals surface area contributed by atoms with Crippen molar-refractivity contribution in [3.8, 4) is 0 Å². The molecule has 7 nitrogen and oxygen atoms in total. The van der Waals surface area contributed by atoms with E-state index in [0.29, 0.717) is 24.2 Å². The minimum absolute atomic E-state index is 0.121. The second kappa shape index (κ2) is 12.9. The molecule has 3 aliphatic carbocycles. The predicted octanol–water partition coefficient (Wildman–Crippen LogP) is 5.71. The average molecular weight is 531 g/mol. The van der Waals surface area contributed by atoms with Crippen LogP contribution in [0.25, 0.3) is 0 Å². The van der Waals surface area contributed by atoms with E-state index >= 15 is 0 Å². The molecule has 0 saturated heterocycles. The molecule has 3 N–H and O–H groups in total. The Bertz CT molecular complexity index is 905. The summed E-state index contributed by atoms with van der Waals surface area (Å²) in [6.45, 7) is 13.5. The monoisotopic (exact) mass is 530 g/mol. The van der Waals surface area contributed by atoms with Crippen molar-refractivity contribution in [1.29, 1.82) is 0 Å². The van der Waals surface area contributed by atoms with E-state index in [-0.39, 0.29) is 35.4 Å². The first kappa shape index (κ1) is 30.6. The lowest BCUT2D eigenvalue weighted by molar-refractivity contribution is -0.147. The summed E-state index contributed by atoms with van der Waals surface area (Å²) in [6, 6.07) is 0. The molecule has 0 radical (unpaired) electrons. The molecule has 0 aromatic heterocycles. The summed E-state index contributed by atoms with van der Waals surface area (Å²) in [6.07, 6.45) is 16.8. The second-order valence-electron chi connectivity index (χ2n) is 12.8. The van der Waals surface area contributed by atoms with Crippen LogP contribution in [-0.2, 0) is 19.3 Å². The van der Waals surface area contributed by atoms with Crippen LogP contribution in [0.1, 0.15) is 99.8 Å². The molecule has 2 amide bonds. The first-order valence-electron chi connectivity index (χ1n) is 14.4. The summed E-state index contributed by atoms with van der Waals surface area (Å²) in [4.78, 5) is 34.0. The van der Waals surface area contributed by atoms with Crippen molar-refractivity contribution in [3.05, 3.63) is 35.5 Å². The van der Waals surface area contributed by atoms with Crippen LogP contribution in [0, 0.1) is 29.1 Å². The van der Waals surface area contributed by atoms with Gasteiger partial charge in [-0.05, 0) is 82.0 Å². The highest BCUT2D eigenvalue weighted by molar-refractivity contribution is 5.71. The van der Waals surface area contributed by atoms with Gasteiger partial charge in [0.15, 0.2) is 0 Å². The summed E-state index contributed by atoms with van der Waals surface area (Å²) in [5.74, 6) is 1.34. The Balaban J connectivity index is 1.73. The topological polar surface area (TPSA) is 96.9 Å². The van der Waals surface area contributed by atoms with Crippen molar-refractivity contribution in [2.75, 3.05) is 0 Å². The van der Waals surface area contributed by atoms with Gasteiger partial charge in [0, 0.05) is 26.2 Å². The molecule has 3 aliphatic rings. The Morgan fingerprint density at radius 1 is 1.03 bits per heavy atom. The number of hydrogen-bond acceptors (Lipinski definition) is 5. The van der Waals surface area contributed by atoms with Crippen molar-refractivity contribution in [2.45, 2.75) is 118 Å². The number of carbonyl (C=O) groups is 2. The highest BCUT2D eigenvalue weighted by atomic mass is 16.7. The number of carbonyl (C=O) groups excluding carboxylic acids is 2. The number of allylic oxidation sites excluding steroid dienone is 4. The minimum Gasteiger partial charge on any atom is -0.390 e. The summed E-state index contributed by atoms with van der Waals surface area (Å²) in [5.41, 5.74) is 7.24. The van der Waals surface area contributed by atoms with E-state index in [9.17, 15) is 14.7 Å². The fraction of sp³-hybridized carbons (Fsp3) is 0.742. The zero-order valence-corrected chi connectivity index (χ0v) is 24.5. The largest absolute Gasteiger partial charge is 0.390 e. The van der Waals surface area contributed by atoms with Crippen molar-refractivity contribution >= 4 is 11.8 Å². The molecule has 0 aromatic rings. The number of hydrogen-bond donors (Lipinski definition) is 3. The Hall–Kier alpha value is -1.96. The zero-order chi connectivity index (χ0) is 28.1. The third-order valence-corrected chi connectivity index (χ3v) is 9.27. The lowest BCUT2D eigenvalue weighted by Crippen LogP contribution is -2.38. The molecule has 38 heavy (non-hydrogen) atoms. The molecule has 7 heteroatoms. The molecule has 3 rings (SSSR count). The number of amides is 2. The fourth-order valence-corrected chi connectivity index (χ4v) is 6.86. The van der Waals surface area contributed by atoms with Gasteiger partial charge in [-0.25, -0.2) is 11.0 Å². The third kappa shape index (κ3) is 8.03. The highest BCUT2D eigenvalue weighted by Gasteiger charge is 2.50. The molecule has 1 unspecified atom stereocenters. The lowest BCUT2D eigenvalue weighted by Gasteiger charge is -2.44. The SMILES string of the molecule is CC(=O)NOC1CC(=C/C=C2\CCC[C@]3(C)[C@@H]([C@H](C)/C=C/[C@H](C)C(C)(C)O)CC[C@@H]23)C[C@@H](ONC(C)=O)C1. The third-order valence-electron chi connectivity index (χ3n) is 9.27. The van der Waals surface area contributed by atoms with Gasteiger partial charge in [0.1, 0.15) is 0 Å². The quantitative estimate of drug-likeness (QED) is 0.262. The van der Waals surface area contributed by atoms with E-state index in [4.69, 9.17) is 9.68 Å². The molecule has 0 bridgehead atoms. The molecule has 3 fully saturated rings. The van der Waals surface area contributed by atoms with Gasteiger partial charge in [-0.3, -0.25) is 19.3 Å². The molecule has 214 valence electrons. The molecular formula is C31H50N2O5. The second-order valence-corrected chi connectivity index (χ2v) is 12.8. The van der Waals surface area contributed by atoms with Crippen LogP contribution in [0.4, 0.5) is 0 Å². The predicted molar refractivity (Wildman–Crippen MR) is 149 cm³/mol. The van der Waals surface area contributed by atoms with E-state index in [0.717, 1.165) is 19.3 Å². The number of nitrogens with one attached hydrogen (secondary N) is 2. The van der Waals surface area contributed by atoms with Crippen LogP contribution in [0.15, 0.2) is 35.5 Å². The maximum Gasteiger partial charge on any atom is 0.240 e. The number of hydroxylamine groups is 2. The maximum absolute atomic E-state index is 11.4. The van der Waals surface area contributed by atoms with Gasteiger partial charge in [0.25, 0.3) is 0 Å². The van der Waals surface area contributed by atoms with Crippen molar-refractivity contribution < 1.29 is 24.4 Å². The van der Waals surface area contributed by atoms with E-state index in [1.165, 1.54) is 45.1 Å². The molecule has 0 aliphatic heterocycles. The minimum atomic E-state index is -0.704. The van der Waals surface area contributed by atoms with Crippen LogP contribution in [-0.4, -0.2) is 34.7 Å². The first-order valence-corrected chi connectivity index (χ1v) is 14.4. The summed E-state index contributed by atoms with van der Waals surface area (Å²) in [7, 11) is 0. The Kier molecular flexibility index (Phi) is 10.4. The van der Waals surface area contributed by atoms with E-state index in [1.807, 2.05) is 13.8 Å². The molecular weight excluding hydrogens is 480 g/mol. The van der Waals surface area contributed by atoms with E-state index in [1.54, 1.807) is 5.57 Å². The van der Waals surface area contributed by atoms with Crippen molar-refractivity contribution in [1.82, 2.24) is 11.0 Å². The molecule has 3 saturated carbocycles. The van der Waals surface area contributed by atoms with E-state index in [2.05, 4.69) is 56.0 Å². The van der Waals surface area contributed by atoms with E-state index < -0.39 is 5.60 Å². The number of fused-ring (bicyclic) bond motifs is 1. The van der Waals surface area contributed by atoms with Gasteiger partial charge in [-0.1, -0.05) is 56.2 Å². The first-order chi connectivity index (χ1) is 17.8. The Labute approximate surface area is 229 Å². The summed E-state index contributed by atoms with van der Waals surface area (Å²) >= 11 is 0. The standard InChI is InChI=1S/C31H50N2O5/c1-20(10-11-21(2)30(5,6)36)28-14-15-29-25(9-8-16-31(28,29)7)13-12-24-17-26(37-32-22(3)34)19-27(18-24)38-33-23(4)35/h10-13,20-21,26-29,36H,8-9,14-19H2,1-7H3,(H,32,34)(H,33,35)/b11-10+,24-12?,25-13+/t20-,21+,26-,27?,28-,29+,31-/m1/s1. The summed E-state index contributed by atoms with van der Waals surface area (Å²) < 4.78 is 0. The van der Waals surface area contributed by atoms with Crippen LogP contribution in [0.2, 0.25) is 0 Å². The van der Waals surface area contributed by atoms with Gasteiger partial charge < -0.3 is 5.11 Å². The van der Waals surface area contributed by atoms with Crippen LogP contribution < -0.4 is 11.0 Å². The molecule has 7 atom stereocenters. The average Bonchev–Trinajstić information content (AvgIpc) is 3.20. The molecule has 0 heterocycles. The van der Waals surface area contributed by atoms with Crippen molar-refractivity contribution in [2.24, 2.45) is 29.1 Å². The lowest BCUT2D eigenvalue weighted by atomic mass is 9.61. The van der Waals surface area contributed by atoms with Crippen LogP contribution in [0.3, 0.4) is 0 Å². The highest BCUT2D eigenvalue weighted by Crippen LogP contribution is 2.59. The normalized spacial score (nSPS) is 33.8. The van der Waals surface area contributed by atoms with Crippen molar-refractivity contribution in [3.63, 3.8) is 0 Å². The summed E-state index contributed by atoms with van der Waals surface area (Å²) in [5, 5.41) is 10.3. The van der Waals surface area contributed by atoms with Gasteiger partial charge in [-0.15, -0.1) is 0 Å². The number of aliphatic hydroxyl groups is 1. The molecule has 0 spiro atoms. The van der Waals surface area contributed by atoms with Gasteiger partial charge in [0.2, 0.25) is 11.8 Å². The smallest absolute Gasteiger partial charge is 0.240 e. The van der Waals surface area contributed by atoms with Gasteiger partial charge in [0.05, 0.1) is 17.8 Å². The van der Waals surface area contributed by atoms with Gasteiger partial charge in [-0.2, -0.15) is 0 Å².